The van der Waals surface area contributed by atoms with E-state index in [2.05, 4.69) is 54.6 Å². The lowest BCUT2D eigenvalue weighted by atomic mass is 9.95. The quantitative estimate of drug-likeness (QED) is 0.159. The summed E-state index contributed by atoms with van der Waals surface area (Å²) in [4.78, 5) is 15.7. The van der Waals surface area contributed by atoms with E-state index in [1.807, 2.05) is 122 Å². The number of allylic oxidation sites excluding steroid dienone is 3. The summed E-state index contributed by atoms with van der Waals surface area (Å²) in [6.07, 6.45) is 8.20. The fourth-order valence-electron chi connectivity index (χ4n) is 7.95. The fraction of sp³-hybridized carbons (Fsp3) is 0.0200. The van der Waals surface area contributed by atoms with Gasteiger partial charge in [0.25, 0.3) is 0 Å². The number of aromatic nitrogens is 3. The van der Waals surface area contributed by atoms with Gasteiger partial charge < -0.3 is 13.3 Å². The van der Waals surface area contributed by atoms with Gasteiger partial charge in [-0.3, -0.25) is 0 Å². The first-order valence-electron chi connectivity index (χ1n) is 18.6. The Balaban J connectivity index is 1.21. The van der Waals surface area contributed by atoms with E-state index >= 15 is 0 Å². The van der Waals surface area contributed by atoms with Crippen LogP contribution in [0, 0.1) is 0 Å². The van der Waals surface area contributed by atoms with E-state index in [0.29, 0.717) is 17.5 Å². The highest BCUT2D eigenvalue weighted by Gasteiger charge is 2.23. The van der Waals surface area contributed by atoms with Crippen molar-refractivity contribution < 1.29 is 13.3 Å². The number of rotatable bonds is 6. The first-order valence-corrected chi connectivity index (χ1v) is 18.6. The highest BCUT2D eigenvalue weighted by Crippen LogP contribution is 2.44. The highest BCUT2D eigenvalue weighted by atomic mass is 16.3. The Bertz CT molecular complexity index is 3380. The van der Waals surface area contributed by atoms with Gasteiger partial charge in [-0.1, -0.05) is 121 Å². The minimum Gasteiger partial charge on any atom is -0.456 e. The Morgan fingerprint density at radius 3 is 1.70 bits per heavy atom. The summed E-state index contributed by atoms with van der Waals surface area (Å²) in [6, 6.07) is 49.2. The predicted molar refractivity (Wildman–Crippen MR) is 227 cm³/mol. The molecule has 6 heteroatoms. The van der Waals surface area contributed by atoms with Crippen LogP contribution in [0.5, 0.6) is 0 Å². The third-order valence-corrected chi connectivity index (χ3v) is 10.5. The van der Waals surface area contributed by atoms with E-state index in [0.717, 1.165) is 99.2 Å². The normalized spacial score (nSPS) is 12.2. The Labute approximate surface area is 320 Å². The first kappa shape index (κ1) is 31.9. The van der Waals surface area contributed by atoms with Crippen LogP contribution in [0.2, 0.25) is 0 Å². The monoisotopic (exact) mass is 721 g/mol. The molecule has 0 N–H and O–H groups in total. The fourth-order valence-corrected chi connectivity index (χ4v) is 7.95. The van der Waals surface area contributed by atoms with Gasteiger partial charge in [-0.25, -0.2) is 15.0 Å². The molecule has 0 radical (unpaired) electrons. The Kier molecular flexibility index (Phi) is 7.29. The molecule has 4 aromatic heterocycles. The van der Waals surface area contributed by atoms with E-state index in [1.54, 1.807) is 0 Å². The SMILES string of the molecule is C/C=C\C=C/c1ccc2oc3cccc(-c4cc(-c5nc(-c6ccccc6)nc(-c6cccc7oc8ccccc8c67)n5)c5c(c4)oc4ccccc45)c3c2c1. The van der Waals surface area contributed by atoms with Gasteiger partial charge in [-0.2, -0.15) is 0 Å². The summed E-state index contributed by atoms with van der Waals surface area (Å²) in [7, 11) is 0. The standard InChI is InChI=1S/C50H31N3O3/c1-2-3-5-14-30-25-26-41-37(27-30)45-33(19-12-23-42(45)55-41)32-28-38(47-35-18-9-11-22-40(35)56-44(47)29-32)50-52-48(31-15-6-4-7-16-31)51-49(53-50)36-20-13-24-43-46(36)34-17-8-10-21-39(34)54-43/h2-29H,1H3/b3-2-,14-5-. The topological polar surface area (TPSA) is 78.1 Å². The molecule has 0 saturated carbocycles. The summed E-state index contributed by atoms with van der Waals surface area (Å²) in [5.74, 6) is 1.67. The zero-order valence-electron chi connectivity index (χ0n) is 30.2. The van der Waals surface area contributed by atoms with Crippen LogP contribution in [-0.2, 0) is 0 Å². The number of furan rings is 3. The van der Waals surface area contributed by atoms with Crippen molar-refractivity contribution in [3.05, 3.63) is 169 Å². The van der Waals surface area contributed by atoms with Crippen molar-refractivity contribution in [1.29, 1.82) is 0 Å². The van der Waals surface area contributed by atoms with Gasteiger partial charge in [-0.05, 0) is 72.1 Å². The van der Waals surface area contributed by atoms with Crippen LogP contribution in [0.15, 0.2) is 177 Å². The minimum atomic E-state index is 0.540. The summed E-state index contributed by atoms with van der Waals surface area (Å²) in [6.45, 7) is 2.01. The number of hydrogen-bond donors (Lipinski definition) is 0. The van der Waals surface area contributed by atoms with E-state index < -0.39 is 0 Å². The van der Waals surface area contributed by atoms with Gasteiger partial charge in [0, 0.05) is 49.0 Å². The average Bonchev–Trinajstić information content (AvgIpc) is 3.94. The number of benzene rings is 7. The third kappa shape index (κ3) is 5.15. The zero-order valence-corrected chi connectivity index (χ0v) is 30.2. The van der Waals surface area contributed by atoms with Gasteiger partial charge in [0.05, 0.1) is 0 Å². The molecule has 0 fully saturated rings. The number of fused-ring (bicyclic) bond motifs is 9. The smallest absolute Gasteiger partial charge is 0.164 e. The van der Waals surface area contributed by atoms with E-state index in [4.69, 9.17) is 28.2 Å². The summed E-state index contributed by atoms with van der Waals surface area (Å²) in [5, 5.41) is 5.97. The van der Waals surface area contributed by atoms with Gasteiger partial charge in [0.2, 0.25) is 0 Å². The molecule has 6 nitrogen and oxygen atoms in total. The van der Waals surface area contributed by atoms with Crippen LogP contribution >= 0.6 is 0 Å². The Morgan fingerprint density at radius 1 is 0.393 bits per heavy atom. The molecule has 264 valence electrons. The van der Waals surface area contributed by atoms with Crippen molar-refractivity contribution in [3.63, 3.8) is 0 Å². The van der Waals surface area contributed by atoms with E-state index in [-0.39, 0.29) is 0 Å². The highest BCUT2D eigenvalue weighted by molar-refractivity contribution is 6.17. The van der Waals surface area contributed by atoms with E-state index in [9.17, 15) is 0 Å². The van der Waals surface area contributed by atoms with Gasteiger partial charge in [-0.15, -0.1) is 0 Å². The van der Waals surface area contributed by atoms with Crippen LogP contribution < -0.4 is 0 Å². The molecule has 4 heterocycles. The van der Waals surface area contributed by atoms with Crippen molar-refractivity contribution in [1.82, 2.24) is 15.0 Å². The molecule has 56 heavy (non-hydrogen) atoms. The summed E-state index contributed by atoms with van der Waals surface area (Å²) in [5.41, 5.74) is 10.4. The van der Waals surface area contributed by atoms with Gasteiger partial charge in [0.1, 0.15) is 33.5 Å². The van der Waals surface area contributed by atoms with Gasteiger partial charge in [0.15, 0.2) is 17.5 Å². The molecule has 0 bridgehead atoms. The lowest BCUT2D eigenvalue weighted by molar-refractivity contribution is 0.668. The van der Waals surface area contributed by atoms with Crippen molar-refractivity contribution in [2.75, 3.05) is 0 Å². The summed E-state index contributed by atoms with van der Waals surface area (Å²) >= 11 is 0. The molecular weight excluding hydrogens is 691 g/mol. The van der Waals surface area contributed by atoms with Crippen molar-refractivity contribution in [2.45, 2.75) is 6.92 Å². The molecule has 0 atom stereocenters. The minimum absolute atomic E-state index is 0.540. The van der Waals surface area contributed by atoms with Crippen molar-refractivity contribution in [3.8, 4) is 45.3 Å². The molecule has 7 aromatic carbocycles. The van der Waals surface area contributed by atoms with Crippen molar-refractivity contribution >= 4 is 71.9 Å². The molecule has 0 aliphatic rings. The second kappa shape index (κ2) is 12.8. The van der Waals surface area contributed by atoms with Crippen LogP contribution in [0.25, 0.3) is 117 Å². The number of nitrogens with zero attached hydrogens (tertiary/aromatic N) is 3. The summed E-state index contributed by atoms with van der Waals surface area (Å²) < 4.78 is 19.4. The average molecular weight is 722 g/mol. The third-order valence-electron chi connectivity index (χ3n) is 10.5. The van der Waals surface area contributed by atoms with Crippen LogP contribution in [0.1, 0.15) is 12.5 Å². The second-order valence-corrected chi connectivity index (χ2v) is 13.9. The van der Waals surface area contributed by atoms with E-state index in [1.165, 1.54) is 0 Å². The lowest BCUT2D eigenvalue weighted by Crippen LogP contribution is -2.01. The molecule has 0 aliphatic carbocycles. The maximum absolute atomic E-state index is 6.63. The maximum Gasteiger partial charge on any atom is 0.164 e. The largest absolute Gasteiger partial charge is 0.456 e. The molecule has 0 saturated heterocycles. The van der Waals surface area contributed by atoms with Crippen LogP contribution in [0.4, 0.5) is 0 Å². The first-order chi connectivity index (χ1) is 27.7. The zero-order chi connectivity index (χ0) is 37.2. The lowest BCUT2D eigenvalue weighted by Gasteiger charge is -2.12. The molecule has 0 unspecified atom stereocenters. The molecule has 0 aliphatic heterocycles. The predicted octanol–water partition coefficient (Wildman–Crippen LogP) is 13.8. The Morgan fingerprint density at radius 2 is 0.964 bits per heavy atom. The second-order valence-electron chi connectivity index (χ2n) is 13.9. The van der Waals surface area contributed by atoms with Crippen molar-refractivity contribution in [2.24, 2.45) is 0 Å². The van der Waals surface area contributed by atoms with Crippen LogP contribution in [-0.4, -0.2) is 15.0 Å². The molecule has 0 amide bonds. The Hall–Kier alpha value is -7.57. The molecular formula is C50H31N3O3. The molecule has 0 spiro atoms. The van der Waals surface area contributed by atoms with Crippen LogP contribution in [0.3, 0.4) is 0 Å². The van der Waals surface area contributed by atoms with Gasteiger partial charge >= 0.3 is 0 Å². The molecule has 11 rings (SSSR count). The number of hydrogen-bond acceptors (Lipinski definition) is 6. The molecule has 11 aromatic rings. The maximum atomic E-state index is 6.63. The number of para-hydroxylation sites is 2.